The molecule has 3 aromatic rings. The van der Waals surface area contributed by atoms with Gasteiger partial charge in [-0.15, -0.1) is 0 Å². The Balaban J connectivity index is 1.48. The van der Waals surface area contributed by atoms with Crippen molar-refractivity contribution >= 4 is 32.9 Å². The highest BCUT2D eigenvalue weighted by Crippen LogP contribution is 2.27. The van der Waals surface area contributed by atoms with Crippen LogP contribution in [0.25, 0.3) is 10.9 Å². The molecule has 0 spiro atoms. The van der Waals surface area contributed by atoms with Crippen molar-refractivity contribution in [1.29, 1.82) is 0 Å². The molecule has 1 fully saturated rings. The number of hydroxylamine groups is 1. The number of pyridine rings is 1. The maximum atomic E-state index is 13.1. The van der Waals surface area contributed by atoms with E-state index in [-0.39, 0.29) is 35.6 Å². The molecule has 4 rings (SSSR count). The van der Waals surface area contributed by atoms with Gasteiger partial charge in [0.25, 0.3) is 0 Å². The van der Waals surface area contributed by atoms with Gasteiger partial charge in [0.15, 0.2) is 0 Å². The third-order valence-electron chi connectivity index (χ3n) is 6.84. The molecule has 1 aliphatic rings. The Bertz CT molecular complexity index is 1430. The number of carbonyl (C=O) groups is 2. The molecule has 1 unspecified atom stereocenters. The SMILES string of the molecule is CC[N@@+]1(C(=O)NO)CC(NS(=O)(=O)c2ccc(OCc3cc(C)nc4ccccc34)cc2)[C@H](C(N)=O)C1. The summed E-state index contributed by atoms with van der Waals surface area (Å²) in [4.78, 5) is 28.8. The molecule has 0 bridgehead atoms. The zero-order chi connectivity index (χ0) is 26.8. The predicted molar refractivity (Wildman–Crippen MR) is 135 cm³/mol. The first-order valence-corrected chi connectivity index (χ1v) is 13.3. The summed E-state index contributed by atoms with van der Waals surface area (Å²) in [7, 11) is -4.05. The number of amides is 3. The minimum atomic E-state index is -4.05. The smallest absolute Gasteiger partial charge is 0.440 e. The number of aryl methyl sites for hydroxylation is 1. The molecule has 3 amide bonds. The van der Waals surface area contributed by atoms with Crippen molar-refractivity contribution in [1.82, 2.24) is 15.2 Å². The number of ether oxygens (including phenoxy) is 1. The van der Waals surface area contributed by atoms with Crippen molar-refractivity contribution in [2.75, 3.05) is 19.6 Å². The van der Waals surface area contributed by atoms with E-state index in [1.165, 1.54) is 12.1 Å². The molecule has 3 atom stereocenters. The van der Waals surface area contributed by atoms with Gasteiger partial charge < -0.3 is 10.5 Å². The Morgan fingerprint density at radius 3 is 2.51 bits per heavy atom. The van der Waals surface area contributed by atoms with Crippen LogP contribution >= 0.6 is 0 Å². The van der Waals surface area contributed by atoms with E-state index in [9.17, 15) is 18.0 Å². The van der Waals surface area contributed by atoms with Crippen LogP contribution in [0.5, 0.6) is 5.75 Å². The first kappa shape index (κ1) is 26.5. The van der Waals surface area contributed by atoms with E-state index >= 15 is 0 Å². The summed E-state index contributed by atoms with van der Waals surface area (Å²) in [5.74, 6) is -1.17. The van der Waals surface area contributed by atoms with Crippen LogP contribution in [0.2, 0.25) is 0 Å². The summed E-state index contributed by atoms with van der Waals surface area (Å²) >= 11 is 0. The van der Waals surface area contributed by atoms with Gasteiger partial charge in [-0.2, -0.15) is 5.48 Å². The number of aromatic nitrogens is 1. The van der Waals surface area contributed by atoms with Gasteiger partial charge in [0.05, 0.1) is 23.0 Å². The lowest BCUT2D eigenvalue weighted by Gasteiger charge is -2.28. The van der Waals surface area contributed by atoms with Crippen LogP contribution in [0.1, 0.15) is 18.2 Å². The highest BCUT2D eigenvalue weighted by Gasteiger charge is 2.52. The van der Waals surface area contributed by atoms with Crippen molar-refractivity contribution in [3.8, 4) is 5.75 Å². The van der Waals surface area contributed by atoms with Gasteiger partial charge in [-0.05, 0) is 50.2 Å². The van der Waals surface area contributed by atoms with E-state index < -0.39 is 33.9 Å². The van der Waals surface area contributed by atoms with Crippen LogP contribution < -0.4 is 20.7 Å². The summed E-state index contributed by atoms with van der Waals surface area (Å²) in [5, 5.41) is 10.1. The molecular formula is C25H30N5O6S+. The number of hydrogen-bond donors (Lipinski definition) is 4. The van der Waals surface area contributed by atoms with Gasteiger partial charge in [0, 0.05) is 16.6 Å². The monoisotopic (exact) mass is 528 g/mol. The van der Waals surface area contributed by atoms with Crippen LogP contribution in [0.3, 0.4) is 0 Å². The average molecular weight is 529 g/mol. The Hall–Kier alpha value is -3.58. The number of nitrogens with two attached hydrogens (primary N) is 1. The molecular weight excluding hydrogens is 498 g/mol. The van der Waals surface area contributed by atoms with E-state index in [2.05, 4.69) is 9.71 Å². The van der Waals surface area contributed by atoms with Crippen LogP contribution in [0.15, 0.2) is 59.5 Å². The highest BCUT2D eigenvalue weighted by atomic mass is 32.2. The number of primary amides is 1. The zero-order valence-electron chi connectivity index (χ0n) is 20.5. The zero-order valence-corrected chi connectivity index (χ0v) is 21.4. The lowest BCUT2D eigenvalue weighted by Crippen LogP contribution is -2.56. The predicted octanol–water partition coefficient (Wildman–Crippen LogP) is 1.82. The van der Waals surface area contributed by atoms with Crippen molar-refractivity contribution in [3.05, 3.63) is 65.9 Å². The Labute approximate surface area is 214 Å². The first-order chi connectivity index (χ1) is 17.6. The van der Waals surface area contributed by atoms with Crippen LogP contribution in [0, 0.1) is 12.8 Å². The van der Waals surface area contributed by atoms with Gasteiger partial charge in [0.1, 0.15) is 31.4 Å². The lowest BCUT2D eigenvalue weighted by molar-refractivity contribution is -0.838. The lowest BCUT2D eigenvalue weighted by atomic mass is 10.0. The van der Waals surface area contributed by atoms with Gasteiger partial charge in [-0.3, -0.25) is 15.0 Å². The van der Waals surface area contributed by atoms with Gasteiger partial charge in [-0.1, -0.05) is 18.2 Å². The molecule has 1 aliphatic heterocycles. The molecule has 0 saturated carbocycles. The number of urea groups is 1. The van der Waals surface area contributed by atoms with E-state index in [4.69, 9.17) is 15.7 Å². The molecule has 37 heavy (non-hydrogen) atoms. The molecule has 2 aromatic carbocycles. The van der Waals surface area contributed by atoms with Gasteiger partial charge in [0.2, 0.25) is 15.9 Å². The third kappa shape index (κ3) is 5.42. The van der Waals surface area contributed by atoms with E-state index in [1.807, 2.05) is 37.3 Å². The Kier molecular flexibility index (Phi) is 7.46. The molecule has 12 heteroatoms. The van der Waals surface area contributed by atoms with Crippen molar-refractivity contribution in [2.45, 2.75) is 31.4 Å². The summed E-state index contributed by atoms with van der Waals surface area (Å²) in [6, 6.07) is 14.0. The molecule has 0 radical (unpaired) electrons. The second-order valence-electron chi connectivity index (χ2n) is 9.18. The number of quaternary nitrogens is 1. The molecule has 2 heterocycles. The van der Waals surface area contributed by atoms with Crippen LogP contribution in [-0.2, 0) is 21.4 Å². The van der Waals surface area contributed by atoms with Crippen molar-refractivity contribution in [2.24, 2.45) is 11.7 Å². The number of nitrogens with one attached hydrogen (secondary N) is 2. The molecule has 0 aliphatic carbocycles. The number of likely N-dealkylation sites (N-methyl/N-ethyl adjacent to an activating group) is 1. The molecule has 196 valence electrons. The van der Waals surface area contributed by atoms with Crippen LogP contribution in [0.4, 0.5) is 4.79 Å². The van der Waals surface area contributed by atoms with E-state index in [1.54, 1.807) is 24.5 Å². The Morgan fingerprint density at radius 1 is 1.16 bits per heavy atom. The maximum Gasteiger partial charge on any atom is 0.440 e. The van der Waals surface area contributed by atoms with E-state index in [0.29, 0.717) is 5.75 Å². The fourth-order valence-corrected chi connectivity index (χ4v) is 6.09. The Morgan fingerprint density at radius 2 is 1.86 bits per heavy atom. The quantitative estimate of drug-likeness (QED) is 0.197. The van der Waals surface area contributed by atoms with Crippen molar-refractivity contribution in [3.63, 3.8) is 0 Å². The number of benzene rings is 2. The van der Waals surface area contributed by atoms with E-state index in [0.717, 1.165) is 22.2 Å². The molecule has 1 aromatic heterocycles. The fourth-order valence-electron chi connectivity index (χ4n) is 4.82. The second-order valence-corrected chi connectivity index (χ2v) is 10.9. The number of carbonyl (C=O) groups excluding carboxylic acids is 2. The number of hydrogen-bond acceptors (Lipinski definition) is 7. The number of nitrogens with zero attached hydrogens (tertiary/aromatic N) is 2. The third-order valence-corrected chi connectivity index (χ3v) is 8.35. The minimum Gasteiger partial charge on any atom is -0.489 e. The van der Waals surface area contributed by atoms with Crippen molar-refractivity contribution < 1.29 is 32.4 Å². The second kappa shape index (κ2) is 10.4. The number of likely N-dealkylation sites (tertiary alicyclic amines) is 1. The normalized spacial score (nSPS) is 21.6. The summed E-state index contributed by atoms with van der Waals surface area (Å²) in [6.45, 7) is 4.08. The van der Waals surface area contributed by atoms with Gasteiger partial charge in [-0.25, -0.2) is 22.4 Å². The number of sulfonamides is 1. The summed E-state index contributed by atoms with van der Waals surface area (Å²) < 4.78 is 34.3. The van der Waals surface area contributed by atoms with Crippen LogP contribution in [-0.4, -0.2) is 60.7 Å². The molecule has 1 saturated heterocycles. The summed E-state index contributed by atoms with van der Waals surface area (Å²) in [6.07, 6.45) is 0. The summed E-state index contributed by atoms with van der Waals surface area (Å²) in [5.41, 5.74) is 9.82. The first-order valence-electron chi connectivity index (χ1n) is 11.8. The largest absolute Gasteiger partial charge is 0.489 e. The standard InChI is InChI=1S/C25H29N5O6S/c1-3-30(25(32)28-33)13-21(24(26)31)23(14-30)29-37(34,35)19-10-8-18(9-11-19)36-15-17-12-16(2)27-22-7-5-4-6-20(17)22/h4-12,21,23,29H,3,13-15H2,1-2H3,(H3-,26,28,31,32,33)/p+1/t21-,23?,30+/m1/s1. The maximum absolute atomic E-state index is 13.1. The molecule has 11 nitrogen and oxygen atoms in total. The highest BCUT2D eigenvalue weighted by molar-refractivity contribution is 7.89. The number of rotatable bonds is 8. The number of para-hydroxylation sites is 1. The topological polar surface area (TPSA) is 161 Å². The molecule has 5 N–H and O–H groups in total. The average Bonchev–Trinajstić information content (AvgIpc) is 3.26. The van der Waals surface area contributed by atoms with Gasteiger partial charge >= 0.3 is 6.03 Å². The minimum absolute atomic E-state index is 0.0264. The fraction of sp³-hybridized carbons (Fsp3) is 0.320. The number of fused-ring (bicyclic) bond motifs is 1.